The first-order valence-corrected chi connectivity index (χ1v) is 15.7. The number of nitrogens with zero attached hydrogens (tertiary/aromatic N) is 3. The summed E-state index contributed by atoms with van der Waals surface area (Å²) in [7, 11) is 0.502. The predicted octanol–water partition coefficient (Wildman–Crippen LogP) is 4.71. The quantitative estimate of drug-likeness (QED) is 0.267. The molecule has 1 fully saturated rings. The molecule has 11 nitrogen and oxygen atoms in total. The molecule has 45 heavy (non-hydrogen) atoms. The van der Waals surface area contributed by atoms with Gasteiger partial charge >= 0.3 is 6.09 Å². The molecule has 0 bridgehead atoms. The van der Waals surface area contributed by atoms with Crippen LogP contribution >= 0.6 is 0 Å². The number of sulfone groups is 1. The zero-order valence-electron chi connectivity index (χ0n) is 25.0. The molecule has 1 aromatic heterocycles. The van der Waals surface area contributed by atoms with E-state index in [4.69, 9.17) is 9.47 Å². The lowest BCUT2D eigenvalue weighted by molar-refractivity contribution is 0.0904. The van der Waals surface area contributed by atoms with Crippen LogP contribution in [0.1, 0.15) is 28.8 Å². The van der Waals surface area contributed by atoms with Crippen LogP contribution in [0.4, 0.5) is 25.1 Å². The van der Waals surface area contributed by atoms with Crippen LogP contribution in [-0.2, 0) is 25.7 Å². The van der Waals surface area contributed by atoms with Crippen LogP contribution in [0.2, 0.25) is 0 Å². The van der Waals surface area contributed by atoms with E-state index < -0.39 is 43.3 Å². The first kappa shape index (κ1) is 32.0. The van der Waals surface area contributed by atoms with Gasteiger partial charge in [0.25, 0.3) is 5.91 Å². The number of anilines is 2. The standard InChI is InChI=1S/C31H33F2N5O6S/c1-37(2)12-9-19-7-8-24(25(15-19)34-22-10-13-44-14-11-22)30(39)35-29-28-26(38(36-29)31(40)43-3)5-4-6-27(28)45(41,42)23-17-20(32)16-21(33)18-23/h4-8,15-18,22,34H,9-14H2,1-3H3,(H,35,36,39). The van der Waals surface area contributed by atoms with Gasteiger partial charge in [0.2, 0.25) is 9.84 Å². The number of aromatic nitrogens is 2. The summed E-state index contributed by atoms with van der Waals surface area (Å²) in [5.41, 5.74) is 1.85. The molecule has 0 saturated carbocycles. The second-order valence-electron chi connectivity index (χ2n) is 10.9. The molecule has 0 atom stereocenters. The fourth-order valence-electron chi connectivity index (χ4n) is 5.14. The molecule has 1 aliphatic heterocycles. The normalized spacial score (nSPS) is 14.1. The summed E-state index contributed by atoms with van der Waals surface area (Å²) in [6.07, 6.45) is 1.30. The maximum atomic E-state index is 14.1. The van der Waals surface area contributed by atoms with E-state index in [1.54, 1.807) is 6.07 Å². The number of benzene rings is 3. The molecule has 5 rings (SSSR count). The lowest BCUT2D eigenvalue weighted by Crippen LogP contribution is -2.29. The van der Waals surface area contributed by atoms with Crippen molar-refractivity contribution in [2.24, 2.45) is 0 Å². The third kappa shape index (κ3) is 6.97. The lowest BCUT2D eigenvalue weighted by atomic mass is 10.0. The smallest absolute Gasteiger partial charge is 0.435 e. The maximum Gasteiger partial charge on any atom is 0.435 e. The number of likely N-dealkylation sites (N-methyl/N-ethyl adjacent to an activating group) is 1. The highest BCUT2D eigenvalue weighted by Gasteiger charge is 2.29. The Hall–Kier alpha value is -4.40. The van der Waals surface area contributed by atoms with E-state index in [-0.39, 0.29) is 28.3 Å². The van der Waals surface area contributed by atoms with Crippen molar-refractivity contribution in [1.29, 1.82) is 0 Å². The number of hydrogen-bond acceptors (Lipinski definition) is 9. The van der Waals surface area contributed by atoms with E-state index in [0.717, 1.165) is 43.2 Å². The van der Waals surface area contributed by atoms with Crippen LogP contribution in [0.3, 0.4) is 0 Å². The van der Waals surface area contributed by atoms with Crippen LogP contribution in [0.25, 0.3) is 10.9 Å². The van der Waals surface area contributed by atoms with Crippen LogP contribution in [0.5, 0.6) is 0 Å². The highest BCUT2D eigenvalue weighted by atomic mass is 32.2. The van der Waals surface area contributed by atoms with E-state index in [1.807, 2.05) is 26.2 Å². The van der Waals surface area contributed by atoms with Gasteiger partial charge in [0.1, 0.15) is 11.6 Å². The third-order valence-corrected chi connectivity index (χ3v) is 9.22. The zero-order valence-corrected chi connectivity index (χ0v) is 25.8. The van der Waals surface area contributed by atoms with Crippen molar-refractivity contribution in [2.75, 3.05) is 51.6 Å². The molecule has 0 spiro atoms. The van der Waals surface area contributed by atoms with E-state index in [9.17, 15) is 26.8 Å². The minimum absolute atomic E-state index is 0.00492. The molecule has 4 aromatic rings. The second-order valence-corrected chi connectivity index (χ2v) is 12.8. The van der Waals surface area contributed by atoms with E-state index in [2.05, 4.69) is 20.6 Å². The summed E-state index contributed by atoms with van der Waals surface area (Å²) in [5.74, 6) is -3.05. The number of halogens is 2. The Kier molecular flexibility index (Phi) is 9.46. The van der Waals surface area contributed by atoms with Gasteiger partial charge in [-0.05, 0) is 75.3 Å². The zero-order chi connectivity index (χ0) is 32.3. The Labute approximate surface area is 259 Å². The van der Waals surface area contributed by atoms with Crippen LogP contribution in [-0.4, -0.2) is 82.1 Å². The van der Waals surface area contributed by atoms with Crippen molar-refractivity contribution in [3.8, 4) is 0 Å². The SMILES string of the molecule is COC(=O)n1nc(NC(=O)c2ccc(CCN(C)C)cc2NC2CCOCC2)c2c(S(=O)(=O)c3cc(F)cc(F)c3)cccc21. The highest BCUT2D eigenvalue weighted by molar-refractivity contribution is 7.91. The summed E-state index contributed by atoms with van der Waals surface area (Å²) in [5, 5.41) is 10.2. The van der Waals surface area contributed by atoms with Gasteiger partial charge in [-0.15, -0.1) is 5.10 Å². The molecule has 14 heteroatoms. The molecule has 0 radical (unpaired) electrons. The summed E-state index contributed by atoms with van der Waals surface area (Å²) in [6, 6.07) is 11.4. The Morgan fingerprint density at radius 3 is 2.44 bits per heavy atom. The number of methoxy groups -OCH3 is 1. The van der Waals surface area contributed by atoms with Gasteiger partial charge < -0.3 is 25.0 Å². The Bertz CT molecular complexity index is 1830. The lowest BCUT2D eigenvalue weighted by Gasteiger charge is -2.25. The van der Waals surface area contributed by atoms with Gasteiger partial charge in [0.15, 0.2) is 5.82 Å². The summed E-state index contributed by atoms with van der Waals surface area (Å²) in [6.45, 7) is 1.97. The van der Waals surface area contributed by atoms with Crippen molar-refractivity contribution in [2.45, 2.75) is 35.1 Å². The van der Waals surface area contributed by atoms with Crippen molar-refractivity contribution in [3.63, 3.8) is 0 Å². The van der Waals surface area contributed by atoms with E-state index in [0.29, 0.717) is 37.1 Å². The Morgan fingerprint density at radius 2 is 1.78 bits per heavy atom. The first-order chi connectivity index (χ1) is 21.5. The maximum absolute atomic E-state index is 14.1. The van der Waals surface area contributed by atoms with Crippen molar-refractivity contribution in [1.82, 2.24) is 14.7 Å². The Balaban J connectivity index is 1.59. The monoisotopic (exact) mass is 641 g/mol. The van der Waals surface area contributed by atoms with Gasteiger partial charge in [0, 0.05) is 37.6 Å². The number of carbonyl (C=O) groups excluding carboxylic acids is 2. The van der Waals surface area contributed by atoms with Crippen LogP contribution < -0.4 is 10.6 Å². The van der Waals surface area contributed by atoms with Gasteiger partial charge in [-0.1, -0.05) is 12.1 Å². The van der Waals surface area contributed by atoms with Crippen molar-refractivity contribution in [3.05, 3.63) is 77.4 Å². The molecule has 2 N–H and O–H groups in total. The highest BCUT2D eigenvalue weighted by Crippen LogP contribution is 2.35. The summed E-state index contributed by atoms with van der Waals surface area (Å²) in [4.78, 5) is 27.5. The largest absolute Gasteiger partial charge is 0.451 e. The molecule has 0 aliphatic carbocycles. The number of carbonyl (C=O) groups is 2. The van der Waals surface area contributed by atoms with E-state index >= 15 is 0 Å². The molecule has 2 heterocycles. The fourth-order valence-corrected chi connectivity index (χ4v) is 6.66. The van der Waals surface area contributed by atoms with E-state index in [1.165, 1.54) is 18.2 Å². The second kappa shape index (κ2) is 13.3. The number of amides is 1. The molecule has 1 saturated heterocycles. The molecule has 1 aliphatic rings. The molecular formula is C31H33F2N5O6S. The minimum atomic E-state index is -4.56. The van der Waals surface area contributed by atoms with Gasteiger partial charge in [-0.25, -0.2) is 22.0 Å². The topological polar surface area (TPSA) is 132 Å². The van der Waals surface area contributed by atoms with Crippen molar-refractivity contribution < 1.29 is 36.3 Å². The number of hydrogen-bond donors (Lipinski definition) is 2. The summed E-state index contributed by atoms with van der Waals surface area (Å²) < 4.78 is 66.6. The number of rotatable bonds is 9. The van der Waals surface area contributed by atoms with Crippen LogP contribution in [0, 0.1) is 11.6 Å². The summed E-state index contributed by atoms with van der Waals surface area (Å²) >= 11 is 0. The number of ether oxygens (including phenoxy) is 2. The Morgan fingerprint density at radius 1 is 1.07 bits per heavy atom. The predicted molar refractivity (Wildman–Crippen MR) is 163 cm³/mol. The van der Waals surface area contributed by atoms with Gasteiger partial charge in [-0.3, -0.25) is 4.79 Å². The van der Waals surface area contributed by atoms with Gasteiger partial charge in [-0.2, -0.15) is 4.68 Å². The van der Waals surface area contributed by atoms with Crippen LogP contribution in [0.15, 0.2) is 64.4 Å². The number of fused-ring (bicyclic) bond motifs is 1. The number of nitrogens with one attached hydrogen (secondary N) is 2. The molecule has 3 aromatic carbocycles. The van der Waals surface area contributed by atoms with Crippen molar-refractivity contribution >= 4 is 44.2 Å². The first-order valence-electron chi connectivity index (χ1n) is 14.2. The minimum Gasteiger partial charge on any atom is -0.451 e. The van der Waals surface area contributed by atoms with Gasteiger partial charge in [0.05, 0.1) is 33.4 Å². The fraction of sp³-hybridized carbons (Fsp3) is 0.323. The molecule has 238 valence electrons. The average molecular weight is 642 g/mol. The molecule has 0 unspecified atom stereocenters. The average Bonchev–Trinajstić information content (AvgIpc) is 3.38. The molecule has 1 amide bonds. The molecular weight excluding hydrogens is 608 g/mol. The third-order valence-electron chi connectivity index (χ3n) is 7.44.